The number of anilines is 2. The van der Waals surface area contributed by atoms with Crippen molar-refractivity contribution >= 4 is 82.2 Å². The third-order valence-corrected chi connectivity index (χ3v) is 5.82. The lowest BCUT2D eigenvalue weighted by molar-refractivity contribution is 0.0601. The third kappa shape index (κ3) is 5.03. The van der Waals surface area contributed by atoms with Crippen LogP contribution in [0.25, 0.3) is 21.7 Å². The van der Waals surface area contributed by atoms with Gasteiger partial charge in [0.15, 0.2) is 0 Å². The van der Waals surface area contributed by atoms with E-state index >= 15 is 0 Å². The Morgan fingerprint density at radius 1 is 0.917 bits per heavy atom. The maximum absolute atomic E-state index is 13.4. The number of imide groups is 1. The number of benzene rings is 3. The van der Waals surface area contributed by atoms with Crippen LogP contribution in [0.15, 0.2) is 54.9 Å². The average Bonchev–Trinajstić information content (AvgIpc) is 2.82. The van der Waals surface area contributed by atoms with Crippen LogP contribution in [0.5, 0.6) is 5.75 Å². The second-order valence-electron chi connectivity index (χ2n) is 8.19. The number of carbonyl (C=O) groups is 2. The summed E-state index contributed by atoms with van der Waals surface area (Å²) in [5, 5.41) is 5.42. The molecule has 1 N–H and O–H groups in total. The zero-order chi connectivity index (χ0) is 23.1. The molecule has 0 atom stereocenters. The minimum Gasteiger partial charge on any atom is -0.497 e. The van der Waals surface area contributed by atoms with Crippen LogP contribution in [0.3, 0.4) is 0 Å². The quantitative estimate of drug-likeness (QED) is 0.268. The van der Waals surface area contributed by atoms with E-state index in [1.165, 1.54) is 11.2 Å². The Bertz CT molecular complexity index is 1430. The fourth-order valence-corrected chi connectivity index (χ4v) is 4.17. The van der Waals surface area contributed by atoms with Crippen LogP contribution in [-0.4, -0.2) is 65.9 Å². The Morgan fingerprint density at radius 3 is 2.36 bits per heavy atom. The van der Waals surface area contributed by atoms with Gasteiger partial charge in [-0.25, -0.2) is 9.97 Å². The molecule has 1 aliphatic heterocycles. The molecule has 8 nitrogen and oxygen atoms in total. The van der Waals surface area contributed by atoms with Gasteiger partial charge in [0, 0.05) is 52.1 Å². The summed E-state index contributed by atoms with van der Waals surface area (Å²) in [6.07, 6.45) is 1.48. The molecule has 0 fully saturated rings. The third-order valence-electron chi connectivity index (χ3n) is 5.82. The van der Waals surface area contributed by atoms with Crippen molar-refractivity contribution in [1.29, 1.82) is 0 Å². The van der Waals surface area contributed by atoms with Crippen molar-refractivity contribution in [3.63, 3.8) is 0 Å². The van der Waals surface area contributed by atoms with Gasteiger partial charge in [-0.2, -0.15) is 0 Å². The number of fused-ring (bicyclic) bond motifs is 2. The molecule has 0 unspecified atom stereocenters. The molecule has 5 rings (SSSR count). The van der Waals surface area contributed by atoms with Gasteiger partial charge in [-0.05, 0) is 38.4 Å². The van der Waals surface area contributed by atoms with Crippen LogP contribution >= 0.6 is 37.2 Å². The van der Waals surface area contributed by atoms with E-state index in [0.29, 0.717) is 52.1 Å². The van der Waals surface area contributed by atoms with E-state index in [1.54, 1.807) is 19.2 Å². The van der Waals surface area contributed by atoms with Gasteiger partial charge in [0.05, 0.1) is 12.6 Å². The molecular weight excluding hydrogens is 525 g/mol. The van der Waals surface area contributed by atoms with Gasteiger partial charge in [0.1, 0.15) is 17.9 Å². The van der Waals surface area contributed by atoms with E-state index in [2.05, 4.69) is 15.3 Å². The summed E-state index contributed by atoms with van der Waals surface area (Å²) in [6.45, 7) is 0.904. The number of carbonyl (C=O) groups excluding carboxylic acids is 2. The number of halogens is 3. The molecule has 0 radical (unpaired) electrons. The first-order valence-electron chi connectivity index (χ1n) is 10.6. The summed E-state index contributed by atoms with van der Waals surface area (Å²) >= 11 is 0. The van der Waals surface area contributed by atoms with Gasteiger partial charge in [-0.15, -0.1) is 37.2 Å². The van der Waals surface area contributed by atoms with Crippen molar-refractivity contribution < 1.29 is 14.3 Å². The maximum Gasteiger partial charge on any atom is 0.261 e. The van der Waals surface area contributed by atoms with Crippen molar-refractivity contribution in [3.05, 3.63) is 66.0 Å². The molecule has 0 saturated heterocycles. The summed E-state index contributed by atoms with van der Waals surface area (Å²) in [4.78, 5) is 38.8. The summed E-state index contributed by atoms with van der Waals surface area (Å²) < 4.78 is 5.31. The van der Waals surface area contributed by atoms with Crippen LogP contribution < -0.4 is 10.1 Å². The van der Waals surface area contributed by atoms with E-state index < -0.39 is 0 Å². The molecule has 2 amide bonds. The number of methoxy groups -OCH3 is 1. The van der Waals surface area contributed by atoms with Gasteiger partial charge in [0.25, 0.3) is 11.8 Å². The first-order valence-corrected chi connectivity index (χ1v) is 10.6. The number of amides is 2. The van der Waals surface area contributed by atoms with Crippen LogP contribution in [0.2, 0.25) is 0 Å². The average molecular weight is 551 g/mol. The maximum atomic E-state index is 13.4. The van der Waals surface area contributed by atoms with Crippen molar-refractivity contribution in [1.82, 2.24) is 19.8 Å². The lowest BCUT2D eigenvalue weighted by Crippen LogP contribution is -2.43. The summed E-state index contributed by atoms with van der Waals surface area (Å²) in [5.74, 6) is 0.710. The number of ether oxygens (including phenoxy) is 1. The zero-order valence-electron chi connectivity index (χ0n) is 19.8. The molecule has 0 spiro atoms. The lowest BCUT2D eigenvalue weighted by atomic mass is 9.92. The van der Waals surface area contributed by atoms with Crippen LogP contribution in [-0.2, 0) is 0 Å². The van der Waals surface area contributed by atoms with Crippen molar-refractivity contribution in [2.75, 3.05) is 39.6 Å². The lowest BCUT2D eigenvalue weighted by Gasteiger charge is -2.28. The second kappa shape index (κ2) is 11.7. The van der Waals surface area contributed by atoms with Crippen LogP contribution in [0.1, 0.15) is 20.7 Å². The number of hydrogen-bond acceptors (Lipinski definition) is 7. The summed E-state index contributed by atoms with van der Waals surface area (Å²) in [7, 11) is 5.44. The van der Waals surface area contributed by atoms with Gasteiger partial charge in [-0.1, -0.05) is 18.2 Å². The molecule has 3 aromatic carbocycles. The topological polar surface area (TPSA) is 87.7 Å². The molecule has 190 valence electrons. The fraction of sp³-hybridized carbons (Fsp3) is 0.200. The molecule has 4 aromatic rings. The highest BCUT2D eigenvalue weighted by molar-refractivity contribution is 6.29. The predicted molar refractivity (Wildman–Crippen MR) is 149 cm³/mol. The van der Waals surface area contributed by atoms with Crippen LogP contribution in [0, 0.1) is 0 Å². The van der Waals surface area contributed by atoms with Crippen LogP contribution in [0.4, 0.5) is 11.5 Å². The number of rotatable bonds is 6. The molecule has 11 heteroatoms. The molecule has 1 aliphatic rings. The number of aromatic nitrogens is 2. The standard InChI is InChI=1S/C25H23N5O3.3ClH/c1-29(2)10-11-30-24(31)18-9-5-8-17-21(18)19(25(30)32)13-20-22(17)26-14-27-23(20)28-15-6-4-7-16(12-15)33-3;;;/h4-9,12-14H,10-11H2,1-3H3,(H,26,27,28);3*1H. The molecule has 36 heavy (non-hydrogen) atoms. The van der Waals surface area contributed by atoms with E-state index in [1.807, 2.05) is 55.4 Å². The number of hydrogen-bond donors (Lipinski definition) is 1. The smallest absolute Gasteiger partial charge is 0.261 e. The van der Waals surface area contributed by atoms with E-state index in [4.69, 9.17) is 4.74 Å². The predicted octanol–water partition coefficient (Wildman–Crippen LogP) is 4.96. The highest BCUT2D eigenvalue weighted by Crippen LogP contribution is 2.37. The number of nitrogens with zero attached hydrogens (tertiary/aromatic N) is 4. The molecule has 0 bridgehead atoms. The minimum absolute atomic E-state index is 0. The van der Waals surface area contributed by atoms with Gasteiger partial charge in [-0.3, -0.25) is 14.5 Å². The SMILES string of the molecule is COc1cccc(Nc2ncnc3c2cc2c4c(cccc43)C(=O)N(CCN(C)C)C2=O)c1.Cl.Cl.Cl. The zero-order valence-corrected chi connectivity index (χ0v) is 22.3. The van der Waals surface area contributed by atoms with Crippen molar-refractivity contribution in [3.8, 4) is 5.75 Å². The first-order chi connectivity index (χ1) is 16.0. The summed E-state index contributed by atoms with van der Waals surface area (Å²) in [5.41, 5.74) is 2.47. The Kier molecular flexibility index (Phi) is 9.45. The highest BCUT2D eigenvalue weighted by atomic mass is 35.5. The normalized spacial score (nSPS) is 12.2. The van der Waals surface area contributed by atoms with E-state index in [0.717, 1.165) is 11.1 Å². The van der Waals surface area contributed by atoms with Crippen molar-refractivity contribution in [2.24, 2.45) is 0 Å². The molecule has 0 aliphatic carbocycles. The van der Waals surface area contributed by atoms with E-state index in [9.17, 15) is 9.59 Å². The second-order valence-corrected chi connectivity index (χ2v) is 8.19. The monoisotopic (exact) mass is 549 g/mol. The summed E-state index contributed by atoms with van der Waals surface area (Å²) in [6, 6.07) is 14.8. The molecule has 0 saturated carbocycles. The molecular formula is C25H26Cl3N5O3. The number of nitrogens with one attached hydrogen (secondary N) is 1. The van der Waals surface area contributed by atoms with E-state index in [-0.39, 0.29) is 49.0 Å². The first kappa shape index (κ1) is 29.1. The highest BCUT2D eigenvalue weighted by Gasteiger charge is 2.33. The van der Waals surface area contributed by atoms with Gasteiger partial charge >= 0.3 is 0 Å². The largest absolute Gasteiger partial charge is 0.497 e. The van der Waals surface area contributed by atoms with Crippen molar-refractivity contribution in [2.45, 2.75) is 0 Å². The Morgan fingerprint density at radius 2 is 1.64 bits per heavy atom. The fourth-order valence-electron chi connectivity index (χ4n) is 4.17. The Labute approximate surface area is 227 Å². The number of likely N-dealkylation sites (N-methyl/N-ethyl adjacent to an activating group) is 1. The molecule has 2 heterocycles. The Hall–Kier alpha value is -3.17. The molecule has 1 aromatic heterocycles. The minimum atomic E-state index is -0.302. The van der Waals surface area contributed by atoms with Gasteiger partial charge < -0.3 is 15.0 Å². The Balaban J connectivity index is 0.00000152. The van der Waals surface area contributed by atoms with Gasteiger partial charge in [0.2, 0.25) is 0 Å².